The van der Waals surface area contributed by atoms with Crippen LogP contribution in [0.3, 0.4) is 0 Å². The molecule has 0 aliphatic heterocycles. The fourth-order valence-electron chi connectivity index (χ4n) is 0.859. The van der Waals surface area contributed by atoms with E-state index >= 15 is 0 Å². The molecule has 1 aromatic carbocycles. The SMILES string of the molecule is CC(COc1ccccc1I)C(N)=O. The number of halogens is 1. The Balaban J connectivity index is 2.54. The lowest BCUT2D eigenvalue weighted by Gasteiger charge is -2.10. The smallest absolute Gasteiger partial charge is 0.223 e. The minimum absolute atomic E-state index is 0.258. The van der Waals surface area contributed by atoms with E-state index in [1.165, 1.54) is 0 Å². The van der Waals surface area contributed by atoms with Gasteiger partial charge in [-0.25, -0.2) is 0 Å². The van der Waals surface area contributed by atoms with Crippen molar-refractivity contribution >= 4 is 28.5 Å². The zero-order valence-corrected chi connectivity index (χ0v) is 10.0. The molecule has 0 fully saturated rings. The van der Waals surface area contributed by atoms with E-state index in [-0.39, 0.29) is 11.8 Å². The van der Waals surface area contributed by atoms with Gasteiger partial charge in [-0.2, -0.15) is 0 Å². The molecule has 0 aliphatic carbocycles. The Morgan fingerprint density at radius 3 is 2.79 bits per heavy atom. The van der Waals surface area contributed by atoms with Gasteiger partial charge in [-0.15, -0.1) is 0 Å². The number of nitrogens with two attached hydrogens (primary N) is 1. The highest BCUT2D eigenvalue weighted by atomic mass is 127. The van der Waals surface area contributed by atoms with Gasteiger partial charge in [0.1, 0.15) is 5.75 Å². The molecule has 76 valence electrons. The van der Waals surface area contributed by atoms with Gasteiger partial charge < -0.3 is 10.5 Å². The molecular weight excluding hydrogens is 293 g/mol. The molecule has 0 heterocycles. The van der Waals surface area contributed by atoms with E-state index in [1.807, 2.05) is 24.3 Å². The minimum Gasteiger partial charge on any atom is -0.492 e. The topological polar surface area (TPSA) is 52.3 Å². The van der Waals surface area contributed by atoms with Crippen molar-refractivity contribution < 1.29 is 9.53 Å². The molecule has 0 saturated carbocycles. The lowest BCUT2D eigenvalue weighted by atomic mass is 10.2. The number of hydrogen-bond acceptors (Lipinski definition) is 2. The van der Waals surface area contributed by atoms with Crippen LogP contribution in [0.25, 0.3) is 0 Å². The van der Waals surface area contributed by atoms with E-state index in [9.17, 15) is 4.79 Å². The number of rotatable bonds is 4. The summed E-state index contributed by atoms with van der Waals surface area (Å²) in [5.74, 6) is 0.197. The van der Waals surface area contributed by atoms with Crippen molar-refractivity contribution in [2.75, 3.05) is 6.61 Å². The van der Waals surface area contributed by atoms with Gasteiger partial charge in [0, 0.05) is 0 Å². The molecular formula is C10H12INO2. The van der Waals surface area contributed by atoms with Crippen molar-refractivity contribution in [2.45, 2.75) is 6.92 Å². The van der Waals surface area contributed by atoms with Gasteiger partial charge in [0.05, 0.1) is 16.1 Å². The zero-order valence-electron chi connectivity index (χ0n) is 7.87. The first-order valence-electron chi connectivity index (χ1n) is 4.28. The van der Waals surface area contributed by atoms with Crippen LogP contribution in [0.1, 0.15) is 6.92 Å². The molecule has 0 radical (unpaired) electrons. The third kappa shape index (κ3) is 3.17. The summed E-state index contributed by atoms with van der Waals surface area (Å²) in [7, 11) is 0. The second-order valence-corrected chi connectivity index (χ2v) is 4.21. The first kappa shape index (κ1) is 11.3. The highest BCUT2D eigenvalue weighted by Gasteiger charge is 2.09. The van der Waals surface area contributed by atoms with E-state index in [1.54, 1.807) is 6.92 Å². The standard InChI is InChI=1S/C10H12INO2/c1-7(10(12)13)6-14-9-5-3-2-4-8(9)11/h2-5,7H,6H2,1H3,(H2,12,13). The van der Waals surface area contributed by atoms with Gasteiger partial charge >= 0.3 is 0 Å². The van der Waals surface area contributed by atoms with E-state index in [0.29, 0.717) is 6.61 Å². The molecule has 1 rings (SSSR count). The number of hydrogen-bond donors (Lipinski definition) is 1. The highest BCUT2D eigenvalue weighted by Crippen LogP contribution is 2.20. The number of carbonyl (C=O) groups is 1. The van der Waals surface area contributed by atoms with Crippen molar-refractivity contribution in [1.29, 1.82) is 0 Å². The summed E-state index contributed by atoms with van der Waals surface area (Å²) in [5, 5.41) is 0. The quantitative estimate of drug-likeness (QED) is 0.862. The molecule has 0 bridgehead atoms. The summed E-state index contributed by atoms with van der Waals surface area (Å²) in [5.41, 5.74) is 5.12. The number of ether oxygens (including phenoxy) is 1. The van der Waals surface area contributed by atoms with Gasteiger partial charge in [-0.3, -0.25) is 4.79 Å². The predicted octanol–water partition coefficient (Wildman–Crippen LogP) is 1.79. The molecule has 1 unspecified atom stereocenters. The van der Waals surface area contributed by atoms with Crippen LogP contribution >= 0.6 is 22.6 Å². The van der Waals surface area contributed by atoms with E-state index in [2.05, 4.69) is 22.6 Å². The second-order valence-electron chi connectivity index (χ2n) is 3.04. The van der Waals surface area contributed by atoms with E-state index in [4.69, 9.17) is 10.5 Å². The normalized spacial score (nSPS) is 12.1. The average Bonchev–Trinajstić information content (AvgIpc) is 2.16. The Bertz CT molecular complexity index is 328. The van der Waals surface area contributed by atoms with Crippen LogP contribution < -0.4 is 10.5 Å². The monoisotopic (exact) mass is 305 g/mol. The summed E-state index contributed by atoms with van der Waals surface area (Å²) in [6.07, 6.45) is 0. The van der Waals surface area contributed by atoms with Crippen molar-refractivity contribution in [3.05, 3.63) is 27.8 Å². The first-order valence-corrected chi connectivity index (χ1v) is 5.35. The van der Waals surface area contributed by atoms with Gasteiger partial charge in [0.15, 0.2) is 0 Å². The summed E-state index contributed by atoms with van der Waals surface area (Å²) in [6, 6.07) is 7.65. The van der Waals surface area contributed by atoms with E-state index < -0.39 is 0 Å². The average molecular weight is 305 g/mol. The predicted molar refractivity (Wildman–Crippen MR) is 63.0 cm³/mol. The van der Waals surface area contributed by atoms with Gasteiger partial charge in [-0.05, 0) is 34.7 Å². The third-order valence-corrected chi connectivity index (χ3v) is 2.70. The fraction of sp³-hybridized carbons (Fsp3) is 0.300. The Hall–Kier alpha value is -0.780. The number of para-hydroxylation sites is 1. The Kier molecular flexibility index (Phi) is 4.19. The maximum absolute atomic E-state index is 10.7. The molecule has 1 amide bonds. The highest BCUT2D eigenvalue weighted by molar-refractivity contribution is 14.1. The molecule has 0 aliphatic rings. The van der Waals surface area contributed by atoms with Gasteiger partial charge in [0.25, 0.3) is 0 Å². The first-order chi connectivity index (χ1) is 6.61. The van der Waals surface area contributed by atoms with Crippen molar-refractivity contribution in [2.24, 2.45) is 11.7 Å². The van der Waals surface area contributed by atoms with Crippen molar-refractivity contribution in [1.82, 2.24) is 0 Å². The fourth-order valence-corrected chi connectivity index (χ4v) is 1.40. The number of primary amides is 1. The Morgan fingerprint density at radius 2 is 2.21 bits per heavy atom. The van der Waals surface area contributed by atoms with Crippen LogP contribution in [0.5, 0.6) is 5.75 Å². The van der Waals surface area contributed by atoms with Crippen LogP contribution in [-0.2, 0) is 4.79 Å². The molecule has 14 heavy (non-hydrogen) atoms. The molecule has 4 heteroatoms. The van der Waals surface area contributed by atoms with Crippen LogP contribution in [0.15, 0.2) is 24.3 Å². The largest absolute Gasteiger partial charge is 0.492 e. The lowest BCUT2D eigenvalue weighted by molar-refractivity contribution is -0.122. The summed E-state index contributed by atoms with van der Waals surface area (Å²) < 4.78 is 6.48. The maximum Gasteiger partial charge on any atom is 0.223 e. The van der Waals surface area contributed by atoms with Gasteiger partial charge in [-0.1, -0.05) is 19.1 Å². The van der Waals surface area contributed by atoms with Crippen LogP contribution in [-0.4, -0.2) is 12.5 Å². The zero-order chi connectivity index (χ0) is 10.6. The maximum atomic E-state index is 10.7. The van der Waals surface area contributed by atoms with Crippen LogP contribution in [0.4, 0.5) is 0 Å². The van der Waals surface area contributed by atoms with Crippen molar-refractivity contribution in [3.63, 3.8) is 0 Å². The van der Waals surface area contributed by atoms with E-state index in [0.717, 1.165) is 9.32 Å². The Morgan fingerprint density at radius 1 is 1.57 bits per heavy atom. The molecule has 0 saturated heterocycles. The summed E-state index contributed by atoms with van der Waals surface area (Å²) in [6.45, 7) is 2.08. The van der Waals surface area contributed by atoms with Crippen molar-refractivity contribution in [3.8, 4) is 5.75 Å². The molecule has 2 N–H and O–H groups in total. The minimum atomic E-state index is -0.337. The van der Waals surface area contributed by atoms with Gasteiger partial charge in [0.2, 0.25) is 5.91 Å². The lowest BCUT2D eigenvalue weighted by Crippen LogP contribution is -2.25. The summed E-state index contributed by atoms with van der Waals surface area (Å²) >= 11 is 2.18. The molecule has 1 atom stereocenters. The van der Waals surface area contributed by atoms with Crippen LogP contribution in [0, 0.1) is 9.49 Å². The number of amides is 1. The molecule has 0 aromatic heterocycles. The second kappa shape index (κ2) is 5.19. The number of carbonyl (C=O) groups excluding carboxylic acids is 1. The summed E-state index contributed by atoms with van der Waals surface area (Å²) in [4.78, 5) is 10.7. The Labute approximate surface area is 96.8 Å². The molecule has 3 nitrogen and oxygen atoms in total. The number of benzene rings is 1. The van der Waals surface area contributed by atoms with Crippen LogP contribution in [0.2, 0.25) is 0 Å². The molecule has 0 spiro atoms. The molecule has 1 aromatic rings. The third-order valence-electron chi connectivity index (χ3n) is 1.81.